The molecular weight excluding hydrogens is 422 g/mol. The van der Waals surface area contributed by atoms with Gasteiger partial charge in [-0.25, -0.2) is 13.2 Å². The average Bonchev–Trinajstić information content (AvgIpc) is 2.64. The molecule has 1 aliphatic heterocycles. The number of sulfonamides is 1. The van der Waals surface area contributed by atoms with E-state index in [1.165, 1.54) is 16.4 Å². The van der Waals surface area contributed by atoms with Gasteiger partial charge in [0.1, 0.15) is 5.75 Å². The lowest BCUT2D eigenvalue weighted by Crippen LogP contribution is -2.40. The Hall–Kier alpha value is -1.74. The zero-order chi connectivity index (χ0) is 18.7. The number of esters is 1. The molecule has 1 aliphatic rings. The monoisotopic (exact) mass is 439 g/mol. The van der Waals surface area contributed by atoms with Crippen molar-refractivity contribution >= 4 is 31.9 Å². The molecule has 0 N–H and O–H groups in total. The third-order valence-electron chi connectivity index (χ3n) is 4.06. The van der Waals surface area contributed by atoms with E-state index in [1.807, 2.05) is 0 Å². The molecule has 0 saturated carbocycles. The quantitative estimate of drug-likeness (QED) is 0.540. The summed E-state index contributed by atoms with van der Waals surface area (Å²) in [4.78, 5) is 12.6. The largest absolute Gasteiger partial charge is 0.423 e. The van der Waals surface area contributed by atoms with Crippen molar-refractivity contribution in [3.63, 3.8) is 0 Å². The van der Waals surface area contributed by atoms with Crippen LogP contribution in [0.15, 0.2) is 51.8 Å². The summed E-state index contributed by atoms with van der Waals surface area (Å²) in [6.07, 6.45) is 0. The van der Waals surface area contributed by atoms with Gasteiger partial charge in [0.25, 0.3) is 0 Å². The number of carbonyl (C=O) groups excluding carboxylic acids is 1. The molecule has 0 aromatic heterocycles. The van der Waals surface area contributed by atoms with Crippen LogP contribution in [-0.4, -0.2) is 45.0 Å². The Morgan fingerprint density at radius 2 is 1.77 bits per heavy atom. The maximum absolute atomic E-state index is 12.8. The summed E-state index contributed by atoms with van der Waals surface area (Å²) in [5.41, 5.74) is 0.871. The first kappa shape index (κ1) is 19.0. The van der Waals surface area contributed by atoms with Crippen molar-refractivity contribution in [3.8, 4) is 5.75 Å². The number of halogens is 1. The number of ether oxygens (including phenoxy) is 2. The molecule has 6 nitrogen and oxygen atoms in total. The van der Waals surface area contributed by atoms with Gasteiger partial charge >= 0.3 is 5.97 Å². The van der Waals surface area contributed by atoms with Crippen LogP contribution in [0.1, 0.15) is 15.9 Å². The lowest BCUT2D eigenvalue weighted by Gasteiger charge is -2.26. The molecule has 2 aromatic rings. The van der Waals surface area contributed by atoms with Crippen LogP contribution in [0.5, 0.6) is 5.75 Å². The molecule has 1 fully saturated rings. The van der Waals surface area contributed by atoms with Crippen molar-refractivity contribution < 1.29 is 22.7 Å². The number of carbonyl (C=O) groups is 1. The summed E-state index contributed by atoms with van der Waals surface area (Å²) in [6.45, 7) is 3.07. The molecule has 0 unspecified atom stereocenters. The minimum Gasteiger partial charge on any atom is -0.423 e. The van der Waals surface area contributed by atoms with E-state index in [0.717, 1.165) is 4.47 Å². The summed E-state index contributed by atoms with van der Waals surface area (Å²) in [6, 6.07) is 11.3. The molecule has 8 heteroatoms. The first-order chi connectivity index (χ1) is 12.4. The Balaban J connectivity index is 1.87. The van der Waals surface area contributed by atoms with E-state index in [0.29, 0.717) is 37.6 Å². The number of rotatable bonds is 4. The van der Waals surface area contributed by atoms with Gasteiger partial charge in [-0.2, -0.15) is 4.31 Å². The highest BCUT2D eigenvalue weighted by atomic mass is 79.9. The van der Waals surface area contributed by atoms with Crippen LogP contribution in [0.25, 0.3) is 0 Å². The van der Waals surface area contributed by atoms with E-state index in [-0.39, 0.29) is 10.5 Å². The first-order valence-corrected chi connectivity index (χ1v) is 10.3. The molecule has 0 radical (unpaired) electrons. The first-order valence-electron chi connectivity index (χ1n) is 8.04. The van der Waals surface area contributed by atoms with E-state index in [4.69, 9.17) is 9.47 Å². The third kappa shape index (κ3) is 4.15. The summed E-state index contributed by atoms with van der Waals surface area (Å²) >= 11 is 3.32. The van der Waals surface area contributed by atoms with Gasteiger partial charge in [0, 0.05) is 17.6 Å². The molecule has 26 heavy (non-hydrogen) atoms. The summed E-state index contributed by atoms with van der Waals surface area (Å²) in [7, 11) is -3.67. The van der Waals surface area contributed by atoms with Crippen molar-refractivity contribution in [2.24, 2.45) is 0 Å². The van der Waals surface area contributed by atoms with Crippen LogP contribution in [0.4, 0.5) is 0 Å². The molecule has 0 spiro atoms. The lowest BCUT2D eigenvalue weighted by atomic mass is 10.1. The SMILES string of the molecule is Cc1ccc(S(=O)(=O)N2CCOCC2)cc1C(=O)Oc1ccc(Br)cc1. The molecule has 1 heterocycles. The van der Waals surface area contributed by atoms with Gasteiger partial charge in [-0.15, -0.1) is 0 Å². The molecule has 0 atom stereocenters. The zero-order valence-electron chi connectivity index (χ0n) is 14.1. The van der Waals surface area contributed by atoms with Crippen molar-refractivity contribution in [2.75, 3.05) is 26.3 Å². The molecule has 0 aliphatic carbocycles. The summed E-state index contributed by atoms with van der Waals surface area (Å²) in [5.74, 6) is -0.206. The fourth-order valence-electron chi connectivity index (χ4n) is 2.58. The van der Waals surface area contributed by atoms with Crippen LogP contribution >= 0.6 is 15.9 Å². The van der Waals surface area contributed by atoms with E-state index < -0.39 is 16.0 Å². The number of benzene rings is 2. The lowest BCUT2D eigenvalue weighted by molar-refractivity contribution is 0.0727. The number of hydrogen-bond donors (Lipinski definition) is 0. The van der Waals surface area contributed by atoms with E-state index in [9.17, 15) is 13.2 Å². The Labute approximate surface area is 160 Å². The molecular formula is C18H18BrNO5S. The smallest absolute Gasteiger partial charge is 0.343 e. The predicted molar refractivity (Wildman–Crippen MR) is 99.9 cm³/mol. The number of nitrogens with zero attached hydrogens (tertiary/aromatic N) is 1. The van der Waals surface area contributed by atoms with Gasteiger partial charge in [-0.3, -0.25) is 0 Å². The molecule has 0 amide bonds. The van der Waals surface area contributed by atoms with Gasteiger partial charge in [0.15, 0.2) is 0 Å². The Morgan fingerprint density at radius 1 is 1.12 bits per heavy atom. The number of morpholine rings is 1. The predicted octanol–water partition coefficient (Wildman–Crippen LogP) is 3.00. The second-order valence-corrected chi connectivity index (χ2v) is 8.69. The highest BCUT2D eigenvalue weighted by molar-refractivity contribution is 9.10. The Morgan fingerprint density at radius 3 is 2.42 bits per heavy atom. The Bertz CT molecular complexity index is 906. The van der Waals surface area contributed by atoms with Gasteiger partial charge in [-0.05, 0) is 48.9 Å². The van der Waals surface area contributed by atoms with Gasteiger partial charge in [-0.1, -0.05) is 22.0 Å². The maximum atomic E-state index is 12.8. The normalized spacial score (nSPS) is 15.6. The van der Waals surface area contributed by atoms with Crippen molar-refractivity contribution in [3.05, 3.63) is 58.1 Å². The topological polar surface area (TPSA) is 72.9 Å². The molecule has 2 aromatic carbocycles. The molecule has 0 bridgehead atoms. The maximum Gasteiger partial charge on any atom is 0.343 e. The number of hydrogen-bond acceptors (Lipinski definition) is 5. The molecule has 138 valence electrons. The van der Waals surface area contributed by atoms with Crippen molar-refractivity contribution in [1.82, 2.24) is 4.31 Å². The standard InChI is InChI=1S/C18H18BrNO5S/c1-13-2-7-16(26(22,23)20-8-10-24-11-9-20)12-17(13)18(21)25-15-5-3-14(19)4-6-15/h2-7,12H,8-11H2,1H3. The number of aryl methyl sites for hydroxylation is 1. The van der Waals surface area contributed by atoms with E-state index >= 15 is 0 Å². The molecule has 1 saturated heterocycles. The highest BCUT2D eigenvalue weighted by Gasteiger charge is 2.27. The average molecular weight is 440 g/mol. The van der Waals surface area contributed by atoms with Crippen LogP contribution in [0.2, 0.25) is 0 Å². The minimum absolute atomic E-state index is 0.0766. The van der Waals surface area contributed by atoms with E-state index in [2.05, 4.69) is 15.9 Å². The van der Waals surface area contributed by atoms with Gasteiger partial charge < -0.3 is 9.47 Å². The van der Waals surface area contributed by atoms with Crippen LogP contribution in [0.3, 0.4) is 0 Å². The van der Waals surface area contributed by atoms with Crippen molar-refractivity contribution in [2.45, 2.75) is 11.8 Å². The van der Waals surface area contributed by atoms with Crippen molar-refractivity contribution in [1.29, 1.82) is 0 Å². The fourth-order valence-corrected chi connectivity index (χ4v) is 4.28. The van der Waals surface area contributed by atoms with Gasteiger partial charge in [0.05, 0.1) is 23.7 Å². The second kappa shape index (κ2) is 7.87. The highest BCUT2D eigenvalue weighted by Crippen LogP contribution is 2.23. The third-order valence-corrected chi connectivity index (χ3v) is 6.48. The molecule has 3 rings (SSSR count). The Kier molecular flexibility index (Phi) is 5.76. The van der Waals surface area contributed by atoms with Crippen LogP contribution < -0.4 is 4.74 Å². The van der Waals surface area contributed by atoms with E-state index in [1.54, 1.807) is 37.3 Å². The van der Waals surface area contributed by atoms with Crippen LogP contribution in [0, 0.1) is 6.92 Å². The van der Waals surface area contributed by atoms with Crippen LogP contribution in [-0.2, 0) is 14.8 Å². The summed E-state index contributed by atoms with van der Waals surface area (Å²) < 4.78 is 38.4. The fraction of sp³-hybridized carbons (Fsp3) is 0.278. The zero-order valence-corrected chi connectivity index (χ0v) is 16.5. The minimum atomic E-state index is -3.67. The summed E-state index contributed by atoms with van der Waals surface area (Å²) in [5, 5.41) is 0. The van der Waals surface area contributed by atoms with Gasteiger partial charge in [0.2, 0.25) is 10.0 Å². The second-order valence-electron chi connectivity index (χ2n) is 5.84.